The predicted octanol–water partition coefficient (Wildman–Crippen LogP) is 4.19. The maximum atomic E-state index is 12.6. The molecule has 134 valence electrons. The van der Waals surface area contributed by atoms with Crippen molar-refractivity contribution in [2.45, 2.75) is 42.5 Å². The van der Waals surface area contributed by atoms with Gasteiger partial charge in [-0.25, -0.2) is 0 Å². The summed E-state index contributed by atoms with van der Waals surface area (Å²) in [4.78, 5) is 25.2. The van der Waals surface area contributed by atoms with Crippen molar-refractivity contribution >= 4 is 29.3 Å². The molecule has 2 aliphatic rings. The molecule has 5 heteroatoms. The largest absolute Gasteiger partial charge is 0.349 e. The molecule has 1 heterocycles. The van der Waals surface area contributed by atoms with E-state index in [9.17, 15) is 9.59 Å². The molecule has 26 heavy (non-hydrogen) atoms. The number of hydrogen-bond acceptors (Lipinski definition) is 3. The van der Waals surface area contributed by atoms with Gasteiger partial charge in [0.15, 0.2) is 0 Å². The number of amides is 2. The lowest BCUT2D eigenvalue weighted by atomic mass is 9.82. The van der Waals surface area contributed by atoms with Crippen molar-refractivity contribution in [3.05, 3.63) is 59.7 Å². The van der Waals surface area contributed by atoms with E-state index in [1.54, 1.807) is 6.07 Å². The third-order valence-electron chi connectivity index (χ3n) is 5.21. The van der Waals surface area contributed by atoms with E-state index in [0.717, 1.165) is 36.3 Å². The Morgan fingerprint density at radius 2 is 1.81 bits per heavy atom. The number of fused-ring (bicyclic) bond motifs is 1. The Labute approximate surface area is 157 Å². The number of benzene rings is 2. The zero-order chi connectivity index (χ0) is 17.9. The van der Waals surface area contributed by atoms with Gasteiger partial charge in [0.2, 0.25) is 5.91 Å². The zero-order valence-corrected chi connectivity index (χ0v) is 15.4. The lowest BCUT2D eigenvalue weighted by Crippen LogP contribution is -2.37. The first-order chi connectivity index (χ1) is 12.7. The fourth-order valence-electron chi connectivity index (χ4n) is 3.79. The molecular weight excluding hydrogens is 344 g/mol. The van der Waals surface area contributed by atoms with Crippen molar-refractivity contribution in [2.24, 2.45) is 0 Å². The van der Waals surface area contributed by atoms with Crippen LogP contribution in [0.2, 0.25) is 0 Å². The molecule has 0 radical (unpaired) electrons. The van der Waals surface area contributed by atoms with Gasteiger partial charge in [-0.15, -0.1) is 11.8 Å². The molecule has 0 saturated heterocycles. The molecule has 1 aliphatic carbocycles. The van der Waals surface area contributed by atoms with Crippen LogP contribution in [0.3, 0.4) is 0 Å². The standard InChI is InChI=1S/C21H22N2O2S/c24-20-13-26-19-11-8-16(12-18(19)23-20)21(25)22-17-9-6-15(7-10-17)14-4-2-1-3-5-14/h1-5,8,11-12,15,17H,6-7,9-10,13H2,(H,22,25)(H,23,24). The average Bonchev–Trinajstić information content (AvgIpc) is 2.68. The van der Waals surface area contributed by atoms with Crippen LogP contribution in [0.15, 0.2) is 53.4 Å². The summed E-state index contributed by atoms with van der Waals surface area (Å²) in [5.41, 5.74) is 2.75. The minimum absolute atomic E-state index is 0.0145. The number of carbonyl (C=O) groups excluding carboxylic acids is 2. The minimum Gasteiger partial charge on any atom is -0.349 e. The third-order valence-corrected chi connectivity index (χ3v) is 6.28. The Balaban J connectivity index is 1.36. The summed E-state index contributed by atoms with van der Waals surface area (Å²) in [6.45, 7) is 0. The van der Waals surface area contributed by atoms with Gasteiger partial charge in [0.25, 0.3) is 5.91 Å². The van der Waals surface area contributed by atoms with Gasteiger partial charge < -0.3 is 10.6 Å². The summed E-state index contributed by atoms with van der Waals surface area (Å²) < 4.78 is 0. The molecule has 1 fully saturated rings. The quantitative estimate of drug-likeness (QED) is 0.856. The highest BCUT2D eigenvalue weighted by molar-refractivity contribution is 8.00. The SMILES string of the molecule is O=C1CSc2ccc(C(=O)NC3CCC(c4ccccc4)CC3)cc2N1. The van der Waals surface area contributed by atoms with Crippen LogP contribution in [-0.4, -0.2) is 23.6 Å². The van der Waals surface area contributed by atoms with Crippen LogP contribution in [0.4, 0.5) is 5.69 Å². The van der Waals surface area contributed by atoms with E-state index in [2.05, 4.69) is 41.0 Å². The Hall–Kier alpha value is -2.27. The van der Waals surface area contributed by atoms with Gasteiger partial charge in [-0.1, -0.05) is 30.3 Å². The Bertz CT molecular complexity index is 814. The first-order valence-electron chi connectivity index (χ1n) is 9.11. The molecule has 0 atom stereocenters. The molecule has 4 rings (SSSR count). The van der Waals surface area contributed by atoms with Gasteiger partial charge in [0, 0.05) is 16.5 Å². The Morgan fingerprint density at radius 3 is 2.58 bits per heavy atom. The van der Waals surface area contributed by atoms with Crippen molar-refractivity contribution in [3.63, 3.8) is 0 Å². The number of rotatable bonds is 3. The molecule has 0 aromatic heterocycles. The van der Waals surface area contributed by atoms with Crippen molar-refractivity contribution in [2.75, 3.05) is 11.1 Å². The van der Waals surface area contributed by atoms with Gasteiger partial charge in [0.05, 0.1) is 11.4 Å². The summed E-state index contributed by atoms with van der Waals surface area (Å²) in [5, 5.41) is 6.01. The van der Waals surface area contributed by atoms with Crippen LogP contribution < -0.4 is 10.6 Å². The molecule has 1 aliphatic heterocycles. The number of hydrogen-bond donors (Lipinski definition) is 2. The molecule has 0 unspecified atom stereocenters. The summed E-state index contributed by atoms with van der Waals surface area (Å²) in [5.74, 6) is 0.962. The van der Waals surface area contributed by atoms with Gasteiger partial charge in [0.1, 0.15) is 0 Å². The molecule has 4 nitrogen and oxygen atoms in total. The molecule has 2 aromatic rings. The highest BCUT2D eigenvalue weighted by Crippen LogP contribution is 2.34. The second-order valence-corrected chi connectivity index (χ2v) is 8.00. The summed E-state index contributed by atoms with van der Waals surface area (Å²) in [7, 11) is 0. The first kappa shape index (κ1) is 17.2. The van der Waals surface area contributed by atoms with Crippen LogP contribution in [0.5, 0.6) is 0 Å². The third kappa shape index (κ3) is 3.78. The molecule has 2 aromatic carbocycles. The van der Waals surface area contributed by atoms with Gasteiger partial charge in [-0.3, -0.25) is 9.59 Å². The summed E-state index contributed by atoms with van der Waals surface area (Å²) in [6, 6.07) is 16.4. The fraction of sp³-hybridized carbons (Fsp3) is 0.333. The van der Waals surface area contributed by atoms with E-state index in [1.165, 1.54) is 17.3 Å². The van der Waals surface area contributed by atoms with E-state index in [4.69, 9.17) is 0 Å². The van der Waals surface area contributed by atoms with E-state index in [0.29, 0.717) is 17.2 Å². The van der Waals surface area contributed by atoms with Crippen LogP contribution in [0.25, 0.3) is 0 Å². The Kier molecular flexibility index (Phi) is 4.98. The lowest BCUT2D eigenvalue weighted by Gasteiger charge is -2.29. The van der Waals surface area contributed by atoms with Crippen LogP contribution >= 0.6 is 11.8 Å². The molecule has 2 amide bonds. The van der Waals surface area contributed by atoms with E-state index < -0.39 is 0 Å². The minimum atomic E-state index is -0.0548. The first-order valence-corrected chi connectivity index (χ1v) is 10.1. The second-order valence-electron chi connectivity index (χ2n) is 6.98. The average molecular weight is 366 g/mol. The number of anilines is 1. The van der Waals surface area contributed by atoms with E-state index >= 15 is 0 Å². The van der Waals surface area contributed by atoms with Crippen LogP contribution in [0.1, 0.15) is 47.5 Å². The van der Waals surface area contributed by atoms with Gasteiger partial charge in [-0.2, -0.15) is 0 Å². The van der Waals surface area contributed by atoms with Crippen molar-refractivity contribution in [1.29, 1.82) is 0 Å². The molecule has 1 saturated carbocycles. The molecule has 0 bridgehead atoms. The summed E-state index contributed by atoms with van der Waals surface area (Å²) >= 11 is 1.51. The topological polar surface area (TPSA) is 58.2 Å². The van der Waals surface area contributed by atoms with Crippen LogP contribution in [-0.2, 0) is 4.79 Å². The predicted molar refractivity (Wildman–Crippen MR) is 105 cm³/mol. The number of thioether (sulfide) groups is 1. The zero-order valence-electron chi connectivity index (χ0n) is 14.5. The number of carbonyl (C=O) groups is 2. The fourth-order valence-corrected chi connectivity index (χ4v) is 4.58. The van der Waals surface area contributed by atoms with E-state index in [1.807, 2.05) is 12.1 Å². The van der Waals surface area contributed by atoms with Crippen molar-refractivity contribution < 1.29 is 9.59 Å². The molecule has 0 spiro atoms. The molecular formula is C21H22N2O2S. The van der Waals surface area contributed by atoms with Gasteiger partial charge in [-0.05, 0) is 55.4 Å². The number of nitrogens with one attached hydrogen (secondary N) is 2. The lowest BCUT2D eigenvalue weighted by molar-refractivity contribution is -0.113. The highest BCUT2D eigenvalue weighted by atomic mass is 32.2. The van der Waals surface area contributed by atoms with Crippen molar-refractivity contribution in [3.8, 4) is 0 Å². The van der Waals surface area contributed by atoms with Crippen molar-refractivity contribution in [1.82, 2.24) is 5.32 Å². The highest BCUT2D eigenvalue weighted by Gasteiger charge is 2.24. The van der Waals surface area contributed by atoms with Crippen LogP contribution in [0, 0.1) is 0 Å². The maximum absolute atomic E-state index is 12.6. The maximum Gasteiger partial charge on any atom is 0.251 e. The van der Waals surface area contributed by atoms with E-state index in [-0.39, 0.29) is 17.9 Å². The summed E-state index contributed by atoms with van der Waals surface area (Å²) in [6.07, 6.45) is 4.21. The van der Waals surface area contributed by atoms with Gasteiger partial charge >= 0.3 is 0 Å². The smallest absolute Gasteiger partial charge is 0.251 e. The second kappa shape index (κ2) is 7.54. The normalized spacial score (nSPS) is 22.2. The monoisotopic (exact) mass is 366 g/mol. The Morgan fingerprint density at radius 1 is 1.04 bits per heavy atom. The molecule has 2 N–H and O–H groups in total.